The number of nitrogen functional groups attached to an aromatic ring is 1. The molecule has 0 radical (unpaired) electrons. The van der Waals surface area contributed by atoms with Gasteiger partial charge in [-0.05, 0) is 30.7 Å². The van der Waals surface area contributed by atoms with E-state index in [4.69, 9.17) is 5.73 Å². The number of pyridine rings is 1. The summed E-state index contributed by atoms with van der Waals surface area (Å²) in [6.45, 7) is 1.83. The smallest absolute Gasteiger partial charge is 0.153 e. The first-order valence-corrected chi connectivity index (χ1v) is 5.00. The third kappa shape index (κ3) is 2.50. The molecule has 17 heavy (non-hydrogen) atoms. The number of hydrogen-bond acceptors (Lipinski definition) is 3. The fraction of sp³-hybridized carbons (Fsp3) is 0.0833. The summed E-state index contributed by atoms with van der Waals surface area (Å²) in [5, 5.41) is 2.78. The molecule has 2 aromatic rings. The Morgan fingerprint density at radius 3 is 2.47 bits per heavy atom. The zero-order chi connectivity index (χ0) is 12.4. The molecule has 0 saturated carbocycles. The Morgan fingerprint density at radius 2 is 1.82 bits per heavy atom. The van der Waals surface area contributed by atoms with Crippen LogP contribution in [0.15, 0.2) is 30.5 Å². The molecular formula is C12H11F2N3. The van der Waals surface area contributed by atoms with E-state index >= 15 is 0 Å². The normalized spacial score (nSPS) is 10.3. The lowest BCUT2D eigenvalue weighted by Crippen LogP contribution is -2.01. The molecule has 0 spiro atoms. The molecule has 1 aromatic carbocycles. The number of rotatable bonds is 2. The minimum absolute atomic E-state index is 0.271. The molecule has 0 saturated heterocycles. The second-order valence-electron chi connectivity index (χ2n) is 3.67. The van der Waals surface area contributed by atoms with E-state index in [0.717, 1.165) is 11.6 Å². The molecule has 0 aliphatic heterocycles. The topological polar surface area (TPSA) is 50.9 Å². The summed E-state index contributed by atoms with van der Waals surface area (Å²) >= 11 is 0. The molecule has 1 aromatic heterocycles. The maximum absolute atomic E-state index is 13.0. The number of aromatic nitrogens is 1. The van der Waals surface area contributed by atoms with Crippen molar-refractivity contribution in [1.82, 2.24) is 4.98 Å². The average Bonchev–Trinajstić information content (AvgIpc) is 2.23. The molecule has 3 N–H and O–H groups in total. The third-order valence-electron chi connectivity index (χ3n) is 2.33. The van der Waals surface area contributed by atoms with Crippen LogP contribution in [0.3, 0.4) is 0 Å². The number of halogens is 2. The Bertz CT molecular complexity index is 535. The van der Waals surface area contributed by atoms with E-state index in [9.17, 15) is 8.78 Å². The molecule has 0 bridgehead atoms. The van der Waals surface area contributed by atoms with Gasteiger partial charge in [-0.2, -0.15) is 0 Å². The first kappa shape index (κ1) is 11.3. The minimum atomic E-state index is -0.654. The predicted molar refractivity (Wildman–Crippen MR) is 63.0 cm³/mol. The minimum Gasteiger partial charge on any atom is -0.396 e. The van der Waals surface area contributed by atoms with Crippen LogP contribution < -0.4 is 11.1 Å². The van der Waals surface area contributed by atoms with Gasteiger partial charge in [-0.1, -0.05) is 0 Å². The quantitative estimate of drug-likeness (QED) is 0.841. The summed E-state index contributed by atoms with van der Waals surface area (Å²) in [6.07, 6.45) is 1.57. The second-order valence-corrected chi connectivity index (χ2v) is 3.67. The second kappa shape index (κ2) is 4.37. The van der Waals surface area contributed by atoms with Crippen molar-refractivity contribution in [2.24, 2.45) is 0 Å². The molecule has 88 valence electrons. The molecule has 2 rings (SSSR count). The van der Waals surface area contributed by atoms with Gasteiger partial charge in [0.2, 0.25) is 0 Å². The summed E-state index contributed by atoms with van der Waals surface area (Å²) in [5.41, 5.74) is 7.37. The summed E-state index contributed by atoms with van der Waals surface area (Å²) < 4.78 is 26.0. The van der Waals surface area contributed by atoms with Crippen LogP contribution in [0.1, 0.15) is 5.56 Å². The van der Waals surface area contributed by atoms with E-state index in [-0.39, 0.29) is 5.69 Å². The van der Waals surface area contributed by atoms with Crippen LogP contribution in [0.25, 0.3) is 0 Å². The first-order valence-electron chi connectivity index (χ1n) is 5.00. The predicted octanol–water partition coefficient (Wildman–Crippen LogP) is 2.99. The van der Waals surface area contributed by atoms with Crippen LogP contribution in [-0.4, -0.2) is 4.98 Å². The summed E-state index contributed by atoms with van der Waals surface area (Å²) in [5.74, 6) is -0.924. The first-order chi connectivity index (χ1) is 8.06. The zero-order valence-corrected chi connectivity index (χ0v) is 9.17. The Labute approximate surface area is 97.3 Å². The number of anilines is 3. The van der Waals surface area contributed by atoms with Gasteiger partial charge in [0.15, 0.2) is 5.82 Å². The number of hydrogen-bond donors (Lipinski definition) is 2. The molecular weight excluding hydrogens is 224 g/mol. The molecule has 1 heterocycles. The number of nitrogens with two attached hydrogens (primary N) is 1. The van der Waals surface area contributed by atoms with E-state index in [0.29, 0.717) is 11.5 Å². The van der Waals surface area contributed by atoms with Gasteiger partial charge in [0.25, 0.3) is 0 Å². The Balaban J connectivity index is 2.34. The van der Waals surface area contributed by atoms with Crippen LogP contribution in [0, 0.1) is 18.6 Å². The highest BCUT2D eigenvalue weighted by Crippen LogP contribution is 2.24. The van der Waals surface area contributed by atoms with E-state index in [1.54, 1.807) is 12.3 Å². The van der Waals surface area contributed by atoms with Crippen LogP contribution in [0.5, 0.6) is 0 Å². The molecule has 0 fully saturated rings. The van der Waals surface area contributed by atoms with Gasteiger partial charge in [-0.25, -0.2) is 13.8 Å². The van der Waals surface area contributed by atoms with Gasteiger partial charge in [0, 0.05) is 18.0 Å². The number of nitrogens with zero attached hydrogens (tertiary/aromatic N) is 1. The fourth-order valence-corrected chi connectivity index (χ4v) is 1.43. The van der Waals surface area contributed by atoms with Gasteiger partial charge in [0.1, 0.15) is 11.6 Å². The van der Waals surface area contributed by atoms with E-state index in [1.807, 2.05) is 6.92 Å². The van der Waals surface area contributed by atoms with Crippen molar-refractivity contribution in [2.75, 3.05) is 11.1 Å². The number of benzene rings is 1. The van der Waals surface area contributed by atoms with Crippen molar-refractivity contribution in [1.29, 1.82) is 0 Å². The Hall–Kier alpha value is -2.17. The monoisotopic (exact) mass is 235 g/mol. The van der Waals surface area contributed by atoms with Crippen LogP contribution in [0.2, 0.25) is 0 Å². The summed E-state index contributed by atoms with van der Waals surface area (Å²) in [4.78, 5) is 4.01. The maximum atomic E-state index is 13.0. The fourth-order valence-electron chi connectivity index (χ4n) is 1.43. The molecule has 0 aliphatic rings. The van der Waals surface area contributed by atoms with Crippen molar-refractivity contribution in [2.45, 2.75) is 6.92 Å². The molecule has 5 heteroatoms. The standard InChI is InChI=1S/C12H11F2N3/c1-7-2-3-16-12(11(7)15)17-10-5-8(13)4-9(14)6-10/h2-6H,15H2,1H3,(H,16,17). The SMILES string of the molecule is Cc1ccnc(Nc2cc(F)cc(F)c2)c1N. The number of aryl methyl sites for hydroxylation is 1. The lowest BCUT2D eigenvalue weighted by atomic mass is 10.2. The maximum Gasteiger partial charge on any atom is 0.153 e. The lowest BCUT2D eigenvalue weighted by Gasteiger charge is -2.09. The average molecular weight is 235 g/mol. The van der Waals surface area contributed by atoms with Crippen molar-refractivity contribution >= 4 is 17.2 Å². The highest BCUT2D eigenvalue weighted by molar-refractivity contribution is 5.70. The zero-order valence-electron chi connectivity index (χ0n) is 9.17. The van der Waals surface area contributed by atoms with Crippen LogP contribution >= 0.6 is 0 Å². The van der Waals surface area contributed by atoms with Crippen LogP contribution in [0.4, 0.5) is 26.0 Å². The molecule has 0 unspecified atom stereocenters. The highest BCUT2D eigenvalue weighted by Gasteiger charge is 2.05. The lowest BCUT2D eigenvalue weighted by molar-refractivity contribution is 0.584. The van der Waals surface area contributed by atoms with Crippen molar-refractivity contribution in [3.05, 3.63) is 47.7 Å². The van der Waals surface area contributed by atoms with Crippen molar-refractivity contribution < 1.29 is 8.78 Å². The van der Waals surface area contributed by atoms with Gasteiger partial charge in [-0.3, -0.25) is 0 Å². The largest absolute Gasteiger partial charge is 0.396 e. The van der Waals surface area contributed by atoms with Gasteiger partial charge >= 0.3 is 0 Å². The van der Waals surface area contributed by atoms with Gasteiger partial charge < -0.3 is 11.1 Å². The number of nitrogens with one attached hydrogen (secondary N) is 1. The Kier molecular flexibility index (Phi) is 2.91. The molecule has 0 aliphatic carbocycles. The van der Waals surface area contributed by atoms with Crippen LogP contribution in [-0.2, 0) is 0 Å². The van der Waals surface area contributed by atoms with E-state index in [2.05, 4.69) is 10.3 Å². The molecule has 3 nitrogen and oxygen atoms in total. The van der Waals surface area contributed by atoms with Gasteiger partial charge in [-0.15, -0.1) is 0 Å². The Morgan fingerprint density at radius 1 is 1.18 bits per heavy atom. The van der Waals surface area contributed by atoms with Crippen molar-refractivity contribution in [3.63, 3.8) is 0 Å². The third-order valence-corrected chi connectivity index (χ3v) is 2.33. The summed E-state index contributed by atoms with van der Waals surface area (Å²) in [7, 11) is 0. The molecule has 0 amide bonds. The van der Waals surface area contributed by atoms with E-state index < -0.39 is 11.6 Å². The van der Waals surface area contributed by atoms with E-state index in [1.165, 1.54) is 12.1 Å². The molecule has 0 atom stereocenters. The van der Waals surface area contributed by atoms with Gasteiger partial charge in [0.05, 0.1) is 5.69 Å². The highest BCUT2D eigenvalue weighted by atomic mass is 19.1. The summed E-state index contributed by atoms with van der Waals surface area (Å²) in [6, 6.07) is 4.91. The van der Waals surface area contributed by atoms with Crippen molar-refractivity contribution in [3.8, 4) is 0 Å².